The van der Waals surface area contributed by atoms with Gasteiger partial charge in [0.15, 0.2) is 11.5 Å². The van der Waals surface area contributed by atoms with Gasteiger partial charge in [-0.3, -0.25) is 14.3 Å². The molecule has 0 aliphatic carbocycles. The summed E-state index contributed by atoms with van der Waals surface area (Å²) in [6.45, 7) is 11.4. The molecule has 2 aromatic heterocycles. The maximum Gasteiger partial charge on any atom is 0.255 e. The summed E-state index contributed by atoms with van der Waals surface area (Å²) in [5, 5.41) is 0. The summed E-state index contributed by atoms with van der Waals surface area (Å²) in [5.74, 6) is -0.00229. The third-order valence-electron chi connectivity index (χ3n) is 5.37. The Morgan fingerprint density at radius 3 is 2.80 bits per heavy atom. The van der Waals surface area contributed by atoms with Gasteiger partial charge < -0.3 is 9.80 Å². The summed E-state index contributed by atoms with van der Waals surface area (Å²) >= 11 is 0. The molecule has 0 radical (unpaired) electrons. The van der Waals surface area contributed by atoms with Crippen molar-refractivity contribution in [1.29, 1.82) is 0 Å². The highest BCUT2D eigenvalue weighted by Crippen LogP contribution is 2.27. The van der Waals surface area contributed by atoms with Crippen LogP contribution in [0.25, 0.3) is 16.1 Å². The van der Waals surface area contributed by atoms with Crippen molar-refractivity contribution in [2.45, 2.75) is 13.0 Å². The van der Waals surface area contributed by atoms with E-state index in [4.69, 9.17) is 6.57 Å². The van der Waals surface area contributed by atoms with E-state index in [-0.39, 0.29) is 17.2 Å². The molecule has 3 heterocycles. The first-order chi connectivity index (χ1) is 14.5. The van der Waals surface area contributed by atoms with Crippen molar-refractivity contribution < 1.29 is 4.39 Å². The molecule has 1 aliphatic heterocycles. The second-order valence-electron chi connectivity index (χ2n) is 7.31. The number of nitrogens with zero attached hydrogens (tertiary/aromatic N) is 6. The summed E-state index contributed by atoms with van der Waals surface area (Å²) in [6.07, 6.45) is 2.60. The van der Waals surface area contributed by atoms with Crippen molar-refractivity contribution in [1.82, 2.24) is 14.5 Å². The van der Waals surface area contributed by atoms with E-state index in [0.717, 1.165) is 18.4 Å². The average molecular weight is 404 g/mol. The van der Waals surface area contributed by atoms with Crippen molar-refractivity contribution in [2.24, 2.45) is 7.05 Å². The zero-order chi connectivity index (χ0) is 21.3. The van der Waals surface area contributed by atoms with E-state index in [9.17, 15) is 9.18 Å². The molecule has 1 fully saturated rings. The molecule has 0 spiro atoms. The highest BCUT2D eigenvalue weighted by molar-refractivity contribution is 5.62. The normalized spacial score (nSPS) is 16.4. The molecule has 7 nitrogen and oxygen atoms in total. The molecule has 152 valence electrons. The lowest BCUT2D eigenvalue weighted by molar-refractivity contribution is 0.529. The molecule has 0 unspecified atom stereocenters. The van der Waals surface area contributed by atoms with Crippen molar-refractivity contribution >= 4 is 17.3 Å². The van der Waals surface area contributed by atoms with Crippen LogP contribution in [0.1, 0.15) is 6.92 Å². The Labute approximate surface area is 173 Å². The second kappa shape index (κ2) is 7.95. The Kier molecular flexibility index (Phi) is 5.19. The molecule has 1 aliphatic rings. The number of piperazine rings is 1. The third kappa shape index (κ3) is 3.62. The van der Waals surface area contributed by atoms with Gasteiger partial charge in [0.05, 0.1) is 18.5 Å². The van der Waals surface area contributed by atoms with Crippen LogP contribution in [0.3, 0.4) is 0 Å². The Morgan fingerprint density at radius 1 is 1.23 bits per heavy atom. The summed E-state index contributed by atoms with van der Waals surface area (Å²) in [6, 6.07) is 10.5. The maximum absolute atomic E-state index is 14.2. The van der Waals surface area contributed by atoms with E-state index < -0.39 is 5.82 Å². The van der Waals surface area contributed by atoms with Gasteiger partial charge in [-0.15, -0.1) is 0 Å². The molecule has 4 rings (SSSR count). The number of anilines is 2. The number of hydrogen-bond donors (Lipinski definition) is 0. The van der Waals surface area contributed by atoms with Gasteiger partial charge in [0.1, 0.15) is 0 Å². The summed E-state index contributed by atoms with van der Waals surface area (Å²) in [7, 11) is 1.68. The number of halogens is 1. The quantitative estimate of drug-likeness (QED) is 0.628. The van der Waals surface area contributed by atoms with Crippen LogP contribution in [0.2, 0.25) is 0 Å². The monoisotopic (exact) mass is 404 g/mol. The molecule has 30 heavy (non-hydrogen) atoms. The SMILES string of the molecule is [C-]#[N+]c1cccc(N2CCN(c3nc(-c4ccncc4F)cc(=O)n3C)[C@H](C)C2)c1. The first kappa shape index (κ1) is 19.6. The minimum absolute atomic E-state index is 0.0611. The van der Waals surface area contributed by atoms with Crippen LogP contribution >= 0.6 is 0 Å². The number of benzene rings is 1. The van der Waals surface area contributed by atoms with E-state index >= 15 is 0 Å². The molecule has 0 saturated carbocycles. The smallest absolute Gasteiger partial charge is 0.255 e. The van der Waals surface area contributed by atoms with E-state index in [1.807, 2.05) is 18.2 Å². The molecule has 1 saturated heterocycles. The lowest BCUT2D eigenvalue weighted by Crippen LogP contribution is -2.53. The van der Waals surface area contributed by atoms with Gasteiger partial charge in [0.25, 0.3) is 5.56 Å². The minimum atomic E-state index is -0.512. The van der Waals surface area contributed by atoms with Gasteiger partial charge >= 0.3 is 0 Å². The Morgan fingerprint density at radius 2 is 2.07 bits per heavy atom. The van der Waals surface area contributed by atoms with Gasteiger partial charge in [0.2, 0.25) is 5.95 Å². The molecule has 0 amide bonds. The van der Waals surface area contributed by atoms with Crippen molar-refractivity contribution in [3.63, 3.8) is 0 Å². The molecule has 8 heteroatoms. The molecule has 1 atom stereocenters. The van der Waals surface area contributed by atoms with Crippen molar-refractivity contribution in [3.05, 3.63) is 76.4 Å². The van der Waals surface area contributed by atoms with E-state index in [1.54, 1.807) is 13.1 Å². The number of aromatic nitrogens is 3. The average Bonchev–Trinajstić information content (AvgIpc) is 2.76. The molecule has 0 bridgehead atoms. The highest BCUT2D eigenvalue weighted by atomic mass is 19.1. The van der Waals surface area contributed by atoms with E-state index in [0.29, 0.717) is 30.4 Å². The molecule has 0 N–H and O–H groups in total. The van der Waals surface area contributed by atoms with Crippen LogP contribution in [0.15, 0.2) is 53.6 Å². The van der Waals surface area contributed by atoms with Crippen LogP contribution in [0, 0.1) is 12.4 Å². The predicted octanol–water partition coefficient (Wildman–Crippen LogP) is 3.25. The number of rotatable bonds is 3. The fourth-order valence-electron chi connectivity index (χ4n) is 3.75. The van der Waals surface area contributed by atoms with Crippen LogP contribution in [0.4, 0.5) is 21.7 Å². The first-order valence-electron chi connectivity index (χ1n) is 9.65. The van der Waals surface area contributed by atoms with Crippen LogP contribution in [0.5, 0.6) is 0 Å². The highest BCUT2D eigenvalue weighted by Gasteiger charge is 2.27. The first-order valence-corrected chi connectivity index (χ1v) is 9.65. The topological polar surface area (TPSA) is 58.6 Å². The summed E-state index contributed by atoms with van der Waals surface area (Å²) < 4.78 is 15.7. The molecular formula is C22H21FN6O. The van der Waals surface area contributed by atoms with Gasteiger partial charge in [-0.05, 0) is 25.1 Å². The largest absolute Gasteiger partial charge is 0.369 e. The lowest BCUT2D eigenvalue weighted by Gasteiger charge is -2.42. The number of pyridine rings is 1. The van der Waals surface area contributed by atoms with Crippen molar-refractivity contribution in [2.75, 3.05) is 29.4 Å². The maximum atomic E-state index is 14.2. The fraction of sp³-hybridized carbons (Fsp3) is 0.273. The fourth-order valence-corrected chi connectivity index (χ4v) is 3.75. The Hall–Kier alpha value is -3.73. The Bertz CT molecular complexity index is 1180. The van der Waals surface area contributed by atoms with E-state index in [2.05, 4.69) is 31.5 Å². The zero-order valence-electron chi connectivity index (χ0n) is 16.8. The summed E-state index contributed by atoms with van der Waals surface area (Å²) in [4.78, 5) is 28.8. The van der Waals surface area contributed by atoms with Gasteiger partial charge in [-0.1, -0.05) is 12.1 Å². The zero-order valence-corrected chi connectivity index (χ0v) is 16.8. The lowest BCUT2D eigenvalue weighted by atomic mass is 10.1. The van der Waals surface area contributed by atoms with Crippen LogP contribution < -0.4 is 15.4 Å². The molecule has 3 aromatic rings. The second-order valence-corrected chi connectivity index (χ2v) is 7.31. The number of hydrogen-bond acceptors (Lipinski definition) is 5. The van der Waals surface area contributed by atoms with Crippen LogP contribution in [-0.4, -0.2) is 40.2 Å². The minimum Gasteiger partial charge on any atom is -0.369 e. The Balaban J connectivity index is 1.64. The van der Waals surface area contributed by atoms with Gasteiger partial charge in [0, 0.05) is 56.2 Å². The summed E-state index contributed by atoms with van der Waals surface area (Å²) in [5.41, 5.74) is 1.92. The third-order valence-corrected chi connectivity index (χ3v) is 5.37. The van der Waals surface area contributed by atoms with Crippen LogP contribution in [-0.2, 0) is 7.05 Å². The predicted molar refractivity (Wildman–Crippen MR) is 114 cm³/mol. The van der Waals surface area contributed by atoms with Gasteiger partial charge in [-0.25, -0.2) is 14.2 Å². The van der Waals surface area contributed by atoms with Gasteiger partial charge in [-0.2, -0.15) is 0 Å². The molecular weight excluding hydrogens is 383 g/mol. The molecule has 1 aromatic carbocycles. The standard InChI is InChI=1S/C22H21FN6O/c1-15-14-28(17-6-4-5-16(11-17)24-2)9-10-29(15)22-26-20(12-21(30)27(22)3)18-7-8-25-13-19(18)23/h4-8,11-13,15H,9-10,14H2,1,3H3/t15-/m1/s1. The van der Waals surface area contributed by atoms with E-state index in [1.165, 1.54) is 22.9 Å². The van der Waals surface area contributed by atoms with Crippen molar-refractivity contribution in [3.8, 4) is 11.3 Å².